The first-order valence-corrected chi connectivity index (χ1v) is 7.56. The van der Waals surface area contributed by atoms with E-state index in [0.717, 1.165) is 43.3 Å². The molecule has 2 rings (SSSR count). The summed E-state index contributed by atoms with van der Waals surface area (Å²) in [5.41, 5.74) is 1.10. The smallest absolute Gasteiger partial charge is 0.203 e. The Morgan fingerprint density at radius 2 is 2.20 bits per heavy atom. The molecule has 20 heavy (non-hydrogen) atoms. The molecular weight excluding hydrogens is 252 g/mol. The molecule has 1 heterocycles. The largest absolute Gasteiger partial charge is 0.464 e. The number of ether oxygens (including phenoxy) is 2. The fourth-order valence-electron chi connectivity index (χ4n) is 2.67. The first kappa shape index (κ1) is 15.0. The Balaban J connectivity index is 2.04. The molecule has 0 amide bonds. The van der Waals surface area contributed by atoms with E-state index in [1.165, 1.54) is 0 Å². The normalized spacial score (nSPS) is 20.6. The van der Waals surface area contributed by atoms with Crippen molar-refractivity contribution in [3.63, 3.8) is 0 Å². The van der Waals surface area contributed by atoms with Crippen molar-refractivity contribution in [3.8, 4) is 5.75 Å². The summed E-state index contributed by atoms with van der Waals surface area (Å²) in [6.45, 7) is 4.74. The van der Waals surface area contributed by atoms with E-state index in [9.17, 15) is 4.79 Å². The fourth-order valence-corrected chi connectivity index (χ4v) is 2.67. The van der Waals surface area contributed by atoms with Crippen molar-refractivity contribution in [2.45, 2.75) is 52.4 Å². The third-order valence-electron chi connectivity index (χ3n) is 3.84. The Hall–Kier alpha value is -1.35. The van der Waals surface area contributed by atoms with Crippen LogP contribution in [0.1, 0.15) is 45.1 Å². The van der Waals surface area contributed by atoms with Crippen molar-refractivity contribution in [2.24, 2.45) is 11.8 Å². The van der Waals surface area contributed by atoms with Crippen LogP contribution in [0, 0.1) is 11.8 Å². The molecule has 0 radical (unpaired) electrons. The summed E-state index contributed by atoms with van der Waals surface area (Å²) in [4.78, 5) is 10.9. The van der Waals surface area contributed by atoms with E-state index in [4.69, 9.17) is 9.47 Å². The maximum atomic E-state index is 10.9. The number of hydrogen-bond acceptors (Lipinski definition) is 3. The zero-order valence-corrected chi connectivity index (χ0v) is 12.4. The highest BCUT2D eigenvalue weighted by Gasteiger charge is 2.29. The highest BCUT2D eigenvalue weighted by Crippen LogP contribution is 2.32. The molecule has 1 aliphatic rings. The fraction of sp³-hybridized carbons (Fsp3) is 0.588. The van der Waals surface area contributed by atoms with Gasteiger partial charge in [0.1, 0.15) is 12.0 Å². The van der Waals surface area contributed by atoms with E-state index in [1.807, 2.05) is 31.2 Å². The highest BCUT2D eigenvalue weighted by molar-refractivity contribution is 5.52. The summed E-state index contributed by atoms with van der Waals surface area (Å²) >= 11 is 0. The number of carbonyl (C=O) groups is 1. The maximum Gasteiger partial charge on any atom is 0.203 e. The van der Waals surface area contributed by atoms with Gasteiger partial charge in [-0.2, -0.15) is 0 Å². The summed E-state index contributed by atoms with van der Waals surface area (Å²) in [5, 5.41) is 0. The molecule has 0 bridgehead atoms. The van der Waals surface area contributed by atoms with Gasteiger partial charge in [-0.1, -0.05) is 44.9 Å². The number of carbonyl (C=O) groups excluding carboxylic acids is 1. The van der Waals surface area contributed by atoms with E-state index in [2.05, 4.69) is 6.92 Å². The Kier molecular flexibility index (Phi) is 5.60. The maximum absolute atomic E-state index is 10.9. The topological polar surface area (TPSA) is 35.5 Å². The monoisotopic (exact) mass is 276 g/mol. The van der Waals surface area contributed by atoms with Gasteiger partial charge in [-0.3, -0.25) is 0 Å². The first-order valence-electron chi connectivity index (χ1n) is 7.56. The number of hydrogen-bond donors (Lipinski definition) is 0. The van der Waals surface area contributed by atoms with Crippen LogP contribution in [0.3, 0.4) is 0 Å². The second kappa shape index (κ2) is 7.44. The highest BCUT2D eigenvalue weighted by atomic mass is 16.7. The molecule has 0 N–H and O–H groups in total. The molecule has 0 aliphatic carbocycles. The van der Waals surface area contributed by atoms with Crippen LogP contribution in [-0.4, -0.2) is 12.6 Å². The van der Waals surface area contributed by atoms with Crippen molar-refractivity contribution in [1.82, 2.24) is 0 Å². The Bertz CT molecular complexity index is 430. The van der Waals surface area contributed by atoms with Gasteiger partial charge in [-0.05, 0) is 18.9 Å². The van der Waals surface area contributed by atoms with E-state index < -0.39 is 0 Å². The van der Waals surface area contributed by atoms with E-state index in [0.29, 0.717) is 6.61 Å². The van der Waals surface area contributed by atoms with E-state index >= 15 is 0 Å². The van der Waals surface area contributed by atoms with Crippen molar-refractivity contribution >= 4 is 6.29 Å². The van der Waals surface area contributed by atoms with Gasteiger partial charge in [0.05, 0.1) is 6.61 Å². The Labute approximate surface area is 121 Å². The predicted octanol–water partition coefficient (Wildman–Crippen LogP) is 3.95. The summed E-state index contributed by atoms with van der Waals surface area (Å²) in [6.07, 6.45) is 4.96. The molecule has 3 heteroatoms. The lowest BCUT2D eigenvalue weighted by Gasteiger charge is -2.33. The van der Waals surface area contributed by atoms with E-state index in [-0.39, 0.29) is 18.1 Å². The zero-order chi connectivity index (χ0) is 14.4. The first-order chi connectivity index (χ1) is 9.74. The van der Waals surface area contributed by atoms with Crippen LogP contribution in [0.15, 0.2) is 24.3 Å². The van der Waals surface area contributed by atoms with Crippen LogP contribution in [0.5, 0.6) is 5.75 Å². The summed E-state index contributed by atoms with van der Waals surface area (Å²) in [7, 11) is 0. The zero-order valence-electron chi connectivity index (χ0n) is 12.4. The van der Waals surface area contributed by atoms with E-state index in [1.54, 1.807) is 0 Å². The predicted molar refractivity (Wildman–Crippen MR) is 78.5 cm³/mol. The van der Waals surface area contributed by atoms with Gasteiger partial charge in [0.2, 0.25) is 6.29 Å². The average molecular weight is 276 g/mol. The molecular formula is C17H24O3. The molecule has 0 aromatic heterocycles. The molecule has 1 aromatic rings. The van der Waals surface area contributed by atoms with Crippen LogP contribution in [-0.2, 0) is 16.1 Å². The van der Waals surface area contributed by atoms with Crippen LogP contribution in [0.2, 0.25) is 0 Å². The quantitative estimate of drug-likeness (QED) is 0.707. The summed E-state index contributed by atoms with van der Waals surface area (Å²) in [5.74, 6) is 1.26. The molecule has 0 fully saturated rings. The Morgan fingerprint density at radius 3 is 2.95 bits per heavy atom. The van der Waals surface area contributed by atoms with Crippen molar-refractivity contribution in [3.05, 3.63) is 29.8 Å². The van der Waals surface area contributed by atoms with Crippen molar-refractivity contribution in [2.75, 3.05) is 0 Å². The lowest BCUT2D eigenvalue weighted by molar-refractivity contribution is -0.146. The van der Waals surface area contributed by atoms with Gasteiger partial charge in [0, 0.05) is 17.4 Å². The third-order valence-corrected chi connectivity index (χ3v) is 3.84. The number of fused-ring (bicyclic) bond motifs is 1. The van der Waals surface area contributed by atoms with Gasteiger partial charge < -0.3 is 14.3 Å². The second-order valence-electron chi connectivity index (χ2n) is 5.66. The number of aldehydes is 1. The molecule has 3 nitrogen and oxygen atoms in total. The Morgan fingerprint density at radius 1 is 1.40 bits per heavy atom. The number of unbranched alkanes of at least 4 members (excludes halogenated alkanes) is 1. The average Bonchev–Trinajstić information content (AvgIpc) is 2.50. The van der Waals surface area contributed by atoms with Gasteiger partial charge in [0.15, 0.2) is 0 Å². The number of rotatable bonds is 7. The minimum absolute atomic E-state index is 0.0567. The molecule has 110 valence electrons. The lowest BCUT2D eigenvalue weighted by Crippen LogP contribution is -2.34. The van der Waals surface area contributed by atoms with Crippen LogP contribution in [0.4, 0.5) is 0 Å². The van der Waals surface area contributed by atoms with Gasteiger partial charge >= 0.3 is 0 Å². The van der Waals surface area contributed by atoms with Crippen LogP contribution < -0.4 is 4.74 Å². The van der Waals surface area contributed by atoms with Gasteiger partial charge in [0.25, 0.3) is 0 Å². The minimum atomic E-state index is -0.223. The van der Waals surface area contributed by atoms with Crippen LogP contribution in [0.25, 0.3) is 0 Å². The van der Waals surface area contributed by atoms with Gasteiger partial charge in [-0.15, -0.1) is 0 Å². The second-order valence-corrected chi connectivity index (χ2v) is 5.66. The molecule has 0 saturated heterocycles. The van der Waals surface area contributed by atoms with Crippen molar-refractivity contribution in [1.29, 1.82) is 0 Å². The molecule has 1 aromatic carbocycles. The lowest BCUT2D eigenvalue weighted by atomic mass is 9.91. The standard InChI is InChI=1S/C17H24O3/c1-3-4-7-14(10-13(2)11-18)17-19-12-15-8-5-6-9-16(15)20-17/h5-6,8-9,11,13-14,17H,3-4,7,10,12H2,1-2H3. The molecule has 0 spiro atoms. The van der Waals surface area contributed by atoms with Crippen LogP contribution >= 0.6 is 0 Å². The van der Waals surface area contributed by atoms with Crippen molar-refractivity contribution < 1.29 is 14.3 Å². The molecule has 3 unspecified atom stereocenters. The van der Waals surface area contributed by atoms with Gasteiger partial charge in [-0.25, -0.2) is 0 Å². The molecule has 1 aliphatic heterocycles. The summed E-state index contributed by atoms with van der Waals surface area (Å²) in [6, 6.07) is 8.00. The number of benzene rings is 1. The SMILES string of the molecule is CCCCC(CC(C)C=O)C1OCc2ccccc2O1. The summed E-state index contributed by atoms with van der Waals surface area (Å²) < 4.78 is 11.9. The molecule has 3 atom stereocenters. The molecule has 0 saturated carbocycles. The number of para-hydroxylation sites is 1. The third kappa shape index (κ3) is 3.83. The minimum Gasteiger partial charge on any atom is -0.464 e.